The zero-order valence-electron chi connectivity index (χ0n) is 22.9. The zero-order valence-corrected chi connectivity index (χ0v) is 26.8. The molecule has 0 atom stereocenters. The number of fused-ring (bicyclic) bond motifs is 1. The number of hydrazone groups is 1. The van der Waals surface area contributed by atoms with Gasteiger partial charge in [-0.2, -0.15) is 5.10 Å². The molecule has 4 aromatic rings. The highest BCUT2D eigenvalue weighted by molar-refractivity contribution is 9.10. The van der Waals surface area contributed by atoms with Crippen molar-refractivity contribution in [1.82, 2.24) is 5.43 Å². The van der Waals surface area contributed by atoms with Gasteiger partial charge in [-0.05, 0) is 57.9 Å². The van der Waals surface area contributed by atoms with Crippen LogP contribution in [0.3, 0.4) is 0 Å². The Morgan fingerprint density at radius 1 is 1.07 bits per heavy atom. The van der Waals surface area contributed by atoms with Crippen LogP contribution >= 0.6 is 43.5 Å². The summed E-state index contributed by atoms with van der Waals surface area (Å²) >= 11 is 13.3. The Hall–Kier alpha value is -3.99. The molecule has 8 nitrogen and oxygen atoms in total. The molecular weight excluding hydrogens is 700 g/mol. The molecule has 11 heteroatoms. The minimum absolute atomic E-state index is 0.0915. The van der Waals surface area contributed by atoms with Crippen molar-refractivity contribution >= 4 is 72.9 Å². The van der Waals surface area contributed by atoms with Gasteiger partial charge in [0.15, 0.2) is 11.5 Å². The number of hydrogen-bond acceptors (Lipinski definition) is 6. The van der Waals surface area contributed by atoms with Crippen molar-refractivity contribution in [3.05, 3.63) is 121 Å². The lowest BCUT2D eigenvalue weighted by Gasteiger charge is -2.22. The molecule has 0 saturated heterocycles. The normalized spacial score (nSPS) is 12.9. The number of amides is 2. The summed E-state index contributed by atoms with van der Waals surface area (Å²) < 4.78 is 13.0. The van der Waals surface area contributed by atoms with E-state index in [2.05, 4.69) is 47.4 Å². The van der Waals surface area contributed by atoms with Crippen molar-refractivity contribution in [2.75, 3.05) is 25.1 Å². The van der Waals surface area contributed by atoms with E-state index < -0.39 is 5.91 Å². The Morgan fingerprint density at radius 3 is 2.60 bits per heavy atom. The molecule has 0 spiro atoms. The van der Waals surface area contributed by atoms with E-state index in [9.17, 15) is 9.59 Å². The van der Waals surface area contributed by atoms with Crippen LogP contribution < -0.4 is 19.8 Å². The van der Waals surface area contributed by atoms with E-state index >= 15 is 0 Å². The van der Waals surface area contributed by atoms with Crippen molar-refractivity contribution in [2.24, 2.45) is 10.1 Å². The van der Waals surface area contributed by atoms with Gasteiger partial charge in [-0.3, -0.25) is 14.6 Å². The molecule has 43 heavy (non-hydrogen) atoms. The molecular formula is C32H25Br2ClN4O4. The first kappa shape index (κ1) is 30.5. The molecule has 0 fully saturated rings. The standard InChI is InChI=1S/C32H25Br2ClN4O4/c1-42-28-14-20(13-25(34)32(28)43-19-22-9-5-6-10-26(22)35)16-37-38-29(40)18-39-27-12-11-23(33)15-24(27)31(36-17-30(39)41)21-7-3-2-4-8-21/h2-16H,17-19H2,1H3,(H,38,40)/b37-16+. The number of nitrogens with zero attached hydrogens (tertiary/aromatic N) is 3. The highest BCUT2D eigenvalue weighted by Crippen LogP contribution is 2.37. The molecule has 218 valence electrons. The van der Waals surface area contributed by atoms with Crippen molar-refractivity contribution in [2.45, 2.75) is 6.61 Å². The van der Waals surface area contributed by atoms with E-state index in [4.69, 9.17) is 21.1 Å². The number of hydrogen-bond donors (Lipinski definition) is 1. The topological polar surface area (TPSA) is 92.6 Å². The number of aliphatic imine (C=N–C) groups is 1. The van der Waals surface area contributed by atoms with Crippen LogP contribution in [0.25, 0.3) is 0 Å². The fraction of sp³-hybridized carbons (Fsp3) is 0.125. The SMILES string of the molecule is COc1cc(/C=N/NC(=O)CN2C(=O)CN=C(c3ccccc3)c3cc(Br)ccc32)cc(Br)c1OCc1ccccc1Cl. The molecule has 4 aromatic carbocycles. The molecule has 0 bridgehead atoms. The molecule has 2 amide bonds. The van der Waals surface area contributed by atoms with Gasteiger partial charge in [0.25, 0.3) is 5.91 Å². The molecule has 0 aliphatic carbocycles. The third kappa shape index (κ3) is 7.33. The van der Waals surface area contributed by atoms with Gasteiger partial charge in [0.2, 0.25) is 5.91 Å². The van der Waals surface area contributed by atoms with Crippen LogP contribution in [0.4, 0.5) is 5.69 Å². The van der Waals surface area contributed by atoms with Gasteiger partial charge in [-0.15, -0.1) is 0 Å². The number of benzodiazepines with no additional fused rings is 1. The summed E-state index contributed by atoms with van der Waals surface area (Å²) in [4.78, 5) is 32.1. The number of carbonyl (C=O) groups is 2. The third-order valence-corrected chi connectivity index (χ3v) is 7.96. The van der Waals surface area contributed by atoms with Gasteiger partial charge < -0.3 is 14.4 Å². The second-order valence-corrected chi connectivity index (χ2v) is 11.6. The minimum atomic E-state index is -0.465. The average molecular weight is 725 g/mol. The molecule has 1 N–H and O–H groups in total. The highest BCUT2D eigenvalue weighted by Gasteiger charge is 2.27. The summed E-state index contributed by atoms with van der Waals surface area (Å²) in [6.45, 7) is -0.0681. The Bertz CT molecular complexity index is 1730. The maximum absolute atomic E-state index is 13.1. The lowest BCUT2D eigenvalue weighted by Crippen LogP contribution is -2.40. The molecule has 0 radical (unpaired) electrons. The molecule has 1 aliphatic heterocycles. The largest absolute Gasteiger partial charge is 0.493 e. The average Bonchev–Trinajstić information content (AvgIpc) is 3.13. The van der Waals surface area contributed by atoms with Gasteiger partial charge >= 0.3 is 0 Å². The molecule has 1 heterocycles. The Balaban J connectivity index is 1.28. The molecule has 1 aliphatic rings. The van der Waals surface area contributed by atoms with Crippen LogP contribution in [-0.2, 0) is 16.2 Å². The van der Waals surface area contributed by atoms with E-state index in [-0.39, 0.29) is 25.6 Å². The fourth-order valence-corrected chi connectivity index (χ4v) is 5.60. The summed E-state index contributed by atoms with van der Waals surface area (Å²) in [6.07, 6.45) is 1.48. The van der Waals surface area contributed by atoms with Crippen molar-refractivity contribution in [3.8, 4) is 11.5 Å². The van der Waals surface area contributed by atoms with Crippen molar-refractivity contribution < 1.29 is 19.1 Å². The van der Waals surface area contributed by atoms with Gasteiger partial charge in [0.1, 0.15) is 19.7 Å². The Morgan fingerprint density at radius 2 is 1.84 bits per heavy atom. The summed E-state index contributed by atoms with van der Waals surface area (Å²) in [5.74, 6) is 0.217. The van der Waals surface area contributed by atoms with E-state index in [0.717, 1.165) is 21.2 Å². The van der Waals surface area contributed by atoms with E-state index in [1.54, 1.807) is 24.3 Å². The number of anilines is 1. The number of rotatable bonds is 9. The van der Waals surface area contributed by atoms with Gasteiger partial charge in [-0.1, -0.05) is 76.1 Å². The second kappa shape index (κ2) is 14.0. The summed E-state index contributed by atoms with van der Waals surface area (Å²) in [5, 5.41) is 4.72. The number of ether oxygens (including phenoxy) is 2. The van der Waals surface area contributed by atoms with Crippen LogP contribution in [0.5, 0.6) is 11.5 Å². The summed E-state index contributed by atoms with van der Waals surface area (Å²) in [6, 6.07) is 26.1. The molecule has 0 aromatic heterocycles. The predicted molar refractivity (Wildman–Crippen MR) is 176 cm³/mol. The first-order valence-electron chi connectivity index (χ1n) is 13.1. The van der Waals surface area contributed by atoms with Crippen LogP contribution in [0.2, 0.25) is 5.02 Å². The lowest BCUT2D eigenvalue weighted by atomic mass is 10.0. The number of carbonyl (C=O) groups excluding carboxylic acids is 2. The minimum Gasteiger partial charge on any atom is -0.493 e. The molecule has 5 rings (SSSR count). The van der Waals surface area contributed by atoms with Crippen LogP contribution in [0.15, 0.2) is 104 Å². The zero-order chi connectivity index (χ0) is 30.3. The third-order valence-electron chi connectivity index (χ3n) is 6.51. The van der Waals surface area contributed by atoms with Gasteiger partial charge in [0.05, 0.1) is 29.2 Å². The van der Waals surface area contributed by atoms with Gasteiger partial charge in [-0.25, -0.2) is 5.43 Å². The smallest absolute Gasteiger partial charge is 0.260 e. The van der Waals surface area contributed by atoms with Gasteiger partial charge in [0, 0.05) is 26.2 Å². The van der Waals surface area contributed by atoms with E-state index in [1.807, 2.05) is 60.7 Å². The van der Waals surface area contributed by atoms with Crippen molar-refractivity contribution in [3.63, 3.8) is 0 Å². The second-order valence-electron chi connectivity index (χ2n) is 9.38. The van der Waals surface area contributed by atoms with Crippen LogP contribution in [0, 0.1) is 0 Å². The fourth-order valence-electron chi connectivity index (χ4n) is 4.48. The van der Waals surface area contributed by atoms with E-state index in [1.165, 1.54) is 18.2 Å². The number of nitrogens with one attached hydrogen (secondary N) is 1. The number of benzene rings is 4. The van der Waals surface area contributed by atoms with Crippen LogP contribution in [0.1, 0.15) is 22.3 Å². The number of methoxy groups -OCH3 is 1. The maximum Gasteiger partial charge on any atom is 0.260 e. The summed E-state index contributed by atoms with van der Waals surface area (Å²) in [7, 11) is 1.54. The molecule has 0 unspecified atom stereocenters. The first-order valence-corrected chi connectivity index (χ1v) is 15.1. The summed E-state index contributed by atoms with van der Waals surface area (Å²) in [5.41, 5.74) is 6.91. The highest BCUT2D eigenvalue weighted by atomic mass is 79.9. The van der Waals surface area contributed by atoms with Crippen LogP contribution in [-0.4, -0.2) is 43.9 Å². The Kier molecular flexibility index (Phi) is 9.91. The first-order chi connectivity index (χ1) is 20.8. The lowest BCUT2D eigenvalue weighted by molar-refractivity contribution is -0.123. The Labute approximate surface area is 270 Å². The predicted octanol–water partition coefficient (Wildman–Crippen LogP) is 6.79. The van der Waals surface area contributed by atoms with Crippen molar-refractivity contribution in [1.29, 1.82) is 0 Å². The van der Waals surface area contributed by atoms with E-state index in [0.29, 0.717) is 38.0 Å². The quantitative estimate of drug-likeness (QED) is 0.152. The monoisotopic (exact) mass is 722 g/mol. The maximum atomic E-state index is 13.1. The number of halogens is 3. The molecule has 0 saturated carbocycles.